The lowest BCUT2D eigenvalue weighted by molar-refractivity contribution is -0.384. The molecule has 0 radical (unpaired) electrons. The van der Waals surface area contributed by atoms with Crippen molar-refractivity contribution in [3.63, 3.8) is 0 Å². The lowest BCUT2D eigenvalue weighted by Gasteiger charge is -2.25. The third kappa shape index (κ3) is 3.05. The predicted molar refractivity (Wildman–Crippen MR) is 78.4 cm³/mol. The summed E-state index contributed by atoms with van der Waals surface area (Å²) in [5.74, 6) is 0.441. The Balaban J connectivity index is 2.33. The number of anilines is 1. The van der Waals surface area contributed by atoms with Gasteiger partial charge in [-0.2, -0.15) is 0 Å². The molecule has 1 N–H and O–H groups in total. The van der Waals surface area contributed by atoms with Crippen molar-refractivity contribution in [2.24, 2.45) is 0 Å². The topological polar surface area (TPSA) is 77.3 Å². The molecule has 0 aliphatic heterocycles. The molecule has 106 valence electrons. The fraction of sp³-hybridized carbons (Fsp3) is 0.308. The number of non-ortho nitro benzene ring substituents is 1. The van der Waals surface area contributed by atoms with E-state index in [1.54, 1.807) is 12.3 Å². The largest absolute Gasteiger partial charge is 0.496 e. The number of ether oxygens (including phenoxy) is 1. The molecule has 0 saturated carbocycles. The molecule has 1 aromatic carbocycles. The van der Waals surface area contributed by atoms with Gasteiger partial charge >= 0.3 is 0 Å². The highest BCUT2D eigenvalue weighted by Crippen LogP contribution is 2.31. The van der Waals surface area contributed by atoms with Crippen LogP contribution in [0.1, 0.15) is 18.9 Å². The highest BCUT2D eigenvalue weighted by Gasteiger charge is 2.24. The molecule has 20 heavy (non-hydrogen) atoms. The van der Waals surface area contributed by atoms with Crippen LogP contribution in [0, 0.1) is 10.1 Å². The summed E-state index contributed by atoms with van der Waals surface area (Å²) in [7, 11) is 1.48. The number of nitro groups is 1. The molecule has 1 heterocycles. The van der Waals surface area contributed by atoms with Crippen LogP contribution in [-0.4, -0.2) is 17.0 Å². The molecule has 0 aliphatic rings. The lowest BCUT2D eigenvalue weighted by atomic mass is 10.1. The Morgan fingerprint density at radius 2 is 2.15 bits per heavy atom. The van der Waals surface area contributed by atoms with Gasteiger partial charge < -0.3 is 10.1 Å². The quantitative estimate of drug-likeness (QED) is 0.675. The van der Waals surface area contributed by atoms with Crippen molar-refractivity contribution in [1.29, 1.82) is 0 Å². The molecular weight excluding hydrogens is 278 g/mol. The van der Waals surface area contributed by atoms with Gasteiger partial charge in [-0.05, 0) is 13.8 Å². The summed E-state index contributed by atoms with van der Waals surface area (Å²) in [6.07, 6.45) is 1.73. The summed E-state index contributed by atoms with van der Waals surface area (Å²) in [4.78, 5) is 14.8. The van der Waals surface area contributed by atoms with E-state index in [0.717, 1.165) is 5.01 Å². The average molecular weight is 293 g/mol. The van der Waals surface area contributed by atoms with Crippen LogP contribution in [-0.2, 0) is 5.54 Å². The molecule has 1 aromatic heterocycles. The summed E-state index contributed by atoms with van der Waals surface area (Å²) in [5, 5.41) is 17.0. The van der Waals surface area contributed by atoms with Gasteiger partial charge in [0.2, 0.25) is 0 Å². The van der Waals surface area contributed by atoms with Crippen molar-refractivity contribution >= 4 is 22.7 Å². The third-order valence-electron chi connectivity index (χ3n) is 2.76. The first-order chi connectivity index (χ1) is 9.42. The molecular formula is C13H15N3O3S. The summed E-state index contributed by atoms with van der Waals surface area (Å²) in [5.41, 5.74) is 0.187. The van der Waals surface area contributed by atoms with Gasteiger partial charge in [0.1, 0.15) is 10.8 Å². The minimum atomic E-state index is -0.440. The fourth-order valence-corrected chi connectivity index (χ4v) is 2.54. The summed E-state index contributed by atoms with van der Waals surface area (Å²) in [6.45, 7) is 3.94. The van der Waals surface area contributed by atoms with E-state index in [-0.39, 0.29) is 5.69 Å². The molecule has 0 saturated heterocycles. The molecule has 0 amide bonds. The first-order valence-corrected chi connectivity index (χ1v) is 6.82. The minimum Gasteiger partial charge on any atom is -0.496 e. The van der Waals surface area contributed by atoms with Crippen molar-refractivity contribution in [2.75, 3.05) is 12.4 Å². The van der Waals surface area contributed by atoms with Gasteiger partial charge in [0.15, 0.2) is 0 Å². The maximum atomic E-state index is 10.9. The number of methoxy groups -OCH3 is 1. The molecule has 0 unspecified atom stereocenters. The molecule has 6 nitrogen and oxygen atoms in total. The van der Waals surface area contributed by atoms with E-state index in [0.29, 0.717) is 11.4 Å². The predicted octanol–water partition coefficient (Wildman–Crippen LogP) is 3.41. The van der Waals surface area contributed by atoms with Crippen molar-refractivity contribution in [3.05, 3.63) is 44.9 Å². The number of nitrogens with zero attached hydrogens (tertiary/aromatic N) is 2. The second-order valence-electron chi connectivity index (χ2n) is 4.76. The van der Waals surface area contributed by atoms with Crippen LogP contribution in [0.4, 0.5) is 11.4 Å². The van der Waals surface area contributed by atoms with Crippen LogP contribution < -0.4 is 10.1 Å². The number of benzene rings is 1. The Kier molecular flexibility index (Phi) is 3.89. The van der Waals surface area contributed by atoms with Crippen molar-refractivity contribution in [3.8, 4) is 5.75 Å². The molecule has 2 rings (SSSR count). The van der Waals surface area contributed by atoms with Gasteiger partial charge in [0, 0.05) is 29.4 Å². The Morgan fingerprint density at radius 1 is 1.40 bits per heavy atom. The number of hydrogen-bond donors (Lipinski definition) is 1. The standard InChI is InChI=1S/C13H15N3O3S/c1-13(2,12-14-4-5-20-12)15-9-6-10(16(17)18)8-11(7-9)19-3/h4-8,15H,1-3H3. The van der Waals surface area contributed by atoms with Crippen LogP contribution in [0.15, 0.2) is 29.8 Å². The van der Waals surface area contributed by atoms with Crippen LogP contribution >= 0.6 is 11.3 Å². The maximum Gasteiger partial charge on any atom is 0.275 e. The number of rotatable bonds is 5. The smallest absolute Gasteiger partial charge is 0.275 e. The molecule has 7 heteroatoms. The second-order valence-corrected chi connectivity index (χ2v) is 5.66. The van der Waals surface area contributed by atoms with Crippen molar-refractivity contribution in [1.82, 2.24) is 4.98 Å². The van der Waals surface area contributed by atoms with Crippen LogP contribution in [0.5, 0.6) is 5.75 Å². The van der Waals surface area contributed by atoms with E-state index in [1.807, 2.05) is 19.2 Å². The summed E-state index contributed by atoms with van der Waals surface area (Å²) >= 11 is 1.53. The zero-order valence-electron chi connectivity index (χ0n) is 11.4. The average Bonchev–Trinajstić information content (AvgIpc) is 2.92. The molecule has 2 aromatic rings. The van der Waals surface area contributed by atoms with Gasteiger partial charge in [-0.3, -0.25) is 10.1 Å². The number of aromatic nitrogens is 1. The summed E-state index contributed by atoms with van der Waals surface area (Å²) in [6, 6.07) is 4.60. The Hall–Kier alpha value is -2.15. The van der Waals surface area contributed by atoms with Gasteiger partial charge in [-0.15, -0.1) is 11.3 Å². The van der Waals surface area contributed by atoms with Gasteiger partial charge in [-0.1, -0.05) is 0 Å². The highest BCUT2D eigenvalue weighted by molar-refractivity contribution is 7.09. The van der Waals surface area contributed by atoms with Crippen LogP contribution in [0.2, 0.25) is 0 Å². The first kappa shape index (κ1) is 14.3. The second kappa shape index (κ2) is 5.46. The number of hydrogen-bond acceptors (Lipinski definition) is 6. The molecule has 0 atom stereocenters. The molecule has 0 bridgehead atoms. The van der Waals surface area contributed by atoms with E-state index >= 15 is 0 Å². The molecule has 0 aliphatic carbocycles. The van der Waals surface area contributed by atoms with E-state index in [1.165, 1.54) is 30.6 Å². The first-order valence-electron chi connectivity index (χ1n) is 5.94. The van der Waals surface area contributed by atoms with E-state index in [9.17, 15) is 10.1 Å². The number of nitro benzene ring substituents is 1. The van der Waals surface area contributed by atoms with Crippen molar-refractivity contribution in [2.45, 2.75) is 19.4 Å². The van der Waals surface area contributed by atoms with Gasteiger partial charge in [-0.25, -0.2) is 4.98 Å². The normalized spacial score (nSPS) is 11.2. The van der Waals surface area contributed by atoms with E-state index in [2.05, 4.69) is 10.3 Å². The fourth-order valence-electron chi connectivity index (χ4n) is 1.83. The maximum absolute atomic E-state index is 10.9. The van der Waals surface area contributed by atoms with Gasteiger partial charge in [0.05, 0.1) is 23.6 Å². The summed E-state index contributed by atoms with van der Waals surface area (Å²) < 4.78 is 5.09. The van der Waals surface area contributed by atoms with Gasteiger partial charge in [0.25, 0.3) is 5.69 Å². The Labute approximate surface area is 120 Å². The van der Waals surface area contributed by atoms with Crippen LogP contribution in [0.25, 0.3) is 0 Å². The van der Waals surface area contributed by atoms with E-state index in [4.69, 9.17) is 4.74 Å². The molecule has 0 spiro atoms. The third-order valence-corrected chi connectivity index (χ3v) is 3.86. The van der Waals surface area contributed by atoms with E-state index < -0.39 is 10.5 Å². The number of thiazole rings is 1. The van der Waals surface area contributed by atoms with Crippen LogP contribution in [0.3, 0.4) is 0 Å². The van der Waals surface area contributed by atoms with Crippen molar-refractivity contribution < 1.29 is 9.66 Å². The SMILES string of the molecule is COc1cc(NC(C)(C)c2nccs2)cc([N+](=O)[O-])c1. The highest BCUT2D eigenvalue weighted by atomic mass is 32.1. The Bertz CT molecular complexity index is 611. The zero-order chi connectivity index (χ0) is 14.8. The zero-order valence-corrected chi connectivity index (χ0v) is 12.2. The Morgan fingerprint density at radius 3 is 2.70 bits per heavy atom. The number of nitrogens with one attached hydrogen (secondary N) is 1. The monoisotopic (exact) mass is 293 g/mol. The lowest BCUT2D eigenvalue weighted by Crippen LogP contribution is -2.27. The minimum absolute atomic E-state index is 0.0122. The molecule has 0 fully saturated rings.